The quantitative estimate of drug-likeness (QED) is 0.791. The second-order valence-corrected chi connectivity index (χ2v) is 3.78. The third kappa shape index (κ3) is 1.82. The fraction of sp³-hybridized carbons (Fsp3) is 0.600. The van der Waals surface area contributed by atoms with Crippen molar-refractivity contribution in [3.05, 3.63) is 11.8 Å². The highest BCUT2D eigenvalue weighted by Gasteiger charge is 2.21. The summed E-state index contributed by atoms with van der Waals surface area (Å²) in [4.78, 5) is 13.4. The van der Waals surface area contributed by atoms with Crippen LogP contribution in [-0.4, -0.2) is 28.8 Å². The molecule has 2 N–H and O–H groups in total. The second kappa shape index (κ2) is 3.92. The fourth-order valence-electron chi connectivity index (χ4n) is 1.91. The van der Waals surface area contributed by atoms with E-state index in [1.54, 1.807) is 10.9 Å². The van der Waals surface area contributed by atoms with E-state index in [-0.39, 0.29) is 0 Å². The molecule has 0 atom stereocenters. The summed E-state index contributed by atoms with van der Waals surface area (Å²) in [5.41, 5.74) is 5.87. The monoisotopic (exact) mass is 208 g/mol. The molecule has 0 bridgehead atoms. The van der Waals surface area contributed by atoms with Gasteiger partial charge >= 0.3 is 0 Å². The molecule has 0 radical (unpaired) electrons. The number of amides is 1. The van der Waals surface area contributed by atoms with Gasteiger partial charge in [-0.1, -0.05) is 0 Å². The molecule has 82 valence electrons. The molecule has 1 aliphatic heterocycles. The first-order chi connectivity index (χ1) is 7.22. The van der Waals surface area contributed by atoms with E-state index in [4.69, 9.17) is 5.73 Å². The SMILES string of the molecule is CCn1cc(C(N)=O)c(N2CCCC2)n1. The van der Waals surface area contributed by atoms with E-state index >= 15 is 0 Å². The van der Waals surface area contributed by atoms with Crippen molar-refractivity contribution in [2.45, 2.75) is 26.3 Å². The number of carbonyl (C=O) groups excluding carboxylic acids is 1. The number of nitrogens with two attached hydrogens (primary N) is 1. The van der Waals surface area contributed by atoms with Crippen LogP contribution in [0.2, 0.25) is 0 Å². The Morgan fingerprint density at radius 3 is 2.73 bits per heavy atom. The molecule has 1 aromatic heterocycles. The summed E-state index contributed by atoms with van der Waals surface area (Å²) in [5.74, 6) is 0.360. The lowest BCUT2D eigenvalue weighted by atomic mass is 10.3. The summed E-state index contributed by atoms with van der Waals surface area (Å²) in [7, 11) is 0. The molecule has 0 unspecified atom stereocenters. The number of carbonyl (C=O) groups is 1. The molecule has 1 aliphatic rings. The zero-order valence-electron chi connectivity index (χ0n) is 8.94. The molecule has 2 rings (SSSR count). The fourth-order valence-corrected chi connectivity index (χ4v) is 1.91. The number of hydrogen-bond donors (Lipinski definition) is 1. The zero-order valence-corrected chi connectivity index (χ0v) is 8.94. The summed E-state index contributed by atoms with van der Waals surface area (Å²) >= 11 is 0. The average Bonchev–Trinajstić information content (AvgIpc) is 2.86. The van der Waals surface area contributed by atoms with Gasteiger partial charge < -0.3 is 10.6 Å². The van der Waals surface area contributed by atoms with Gasteiger partial charge in [-0.15, -0.1) is 0 Å². The van der Waals surface area contributed by atoms with Crippen molar-refractivity contribution in [3.8, 4) is 0 Å². The number of aryl methyl sites for hydroxylation is 1. The molecule has 5 nitrogen and oxygen atoms in total. The maximum Gasteiger partial charge on any atom is 0.254 e. The third-order valence-corrected chi connectivity index (χ3v) is 2.74. The average molecular weight is 208 g/mol. The molecule has 1 aromatic rings. The van der Waals surface area contributed by atoms with E-state index in [1.807, 2.05) is 6.92 Å². The number of hydrogen-bond acceptors (Lipinski definition) is 3. The number of nitrogens with zero attached hydrogens (tertiary/aromatic N) is 3. The Balaban J connectivity index is 2.34. The van der Waals surface area contributed by atoms with E-state index < -0.39 is 5.91 Å². The Morgan fingerprint density at radius 1 is 1.53 bits per heavy atom. The third-order valence-electron chi connectivity index (χ3n) is 2.74. The molecular weight excluding hydrogens is 192 g/mol. The molecule has 1 amide bonds. The number of rotatable bonds is 3. The van der Waals surface area contributed by atoms with Gasteiger partial charge in [0.15, 0.2) is 5.82 Å². The normalized spacial score (nSPS) is 15.9. The minimum atomic E-state index is -0.392. The van der Waals surface area contributed by atoms with E-state index in [0.717, 1.165) is 38.3 Å². The molecule has 1 fully saturated rings. The van der Waals surface area contributed by atoms with E-state index in [1.165, 1.54) is 0 Å². The largest absolute Gasteiger partial charge is 0.365 e. The lowest BCUT2D eigenvalue weighted by Gasteiger charge is -2.14. The minimum Gasteiger partial charge on any atom is -0.365 e. The highest BCUT2D eigenvalue weighted by atomic mass is 16.1. The van der Waals surface area contributed by atoms with Crippen LogP contribution in [-0.2, 0) is 6.54 Å². The highest BCUT2D eigenvalue weighted by molar-refractivity contribution is 5.97. The molecule has 5 heteroatoms. The van der Waals surface area contributed by atoms with Crippen LogP contribution in [0.5, 0.6) is 0 Å². The molecule has 0 saturated carbocycles. The van der Waals surface area contributed by atoms with Crippen LogP contribution in [0.15, 0.2) is 6.20 Å². The van der Waals surface area contributed by atoms with Crippen molar-refractivity contribution in [3.63, 3.8) is 0 Å². The van der Waals surface area contributed by atoms with Crippen molar-refractivity contribution in [1.29, 1.82) is 0 Å². The van der Waals surface area contributed by atoms with Crippen LogP contribution >= 0.6 is 0 Å². The van der Waals surface area contributed by atoms with Crippen LogP contribution in [0, 0.1) is 0 Å². The van der Waals surface area contributed by atoms with Gasteiger partial charge in [-0.3, -0.25) is 9.48 Å². The number of aromatic nitrogens is 2. The van der Waals surface area contributed by atoms with Gasteiger partial charge in [-0.2, -0.15) is 5.10 Å². The van der Waals surface area contributed by atoms with E-state index in [2.05, 4.69) is 10.00 Å². The Bertz CT molecular complexity index is 365. The van der Waals surface area contributed by atoms with Crippen LogP contribution in [0.3, 0.4) is 0 Å². The maximum atomic E-state index is 11.2. The summed E-state index contributed by atoms with van der Waals surface area (Å²) in [5, 5.41) is 4.37. The Morgan fingerprint density at radius 2 is 2.20 bits per heavy atom. The second-order valence-electron chi connectivity index (χ2n) is 3.78. The van der Waals surface area contributed by atoms with E-state index in [0.29, 0.717) is 5.56 Å². The molecule has 15 heavy (non-hydrogen) atoms. The van der Waals surface area contributed by atoms with Gasteiger partial charge in [0.2, 0.25) is 0 Å². The lowest BCUT2D eigenvalue weighted by Crippen LogP contribution is -2.22. The zero-order chi connectivity index (χ0) is 10.8. The first kappa shape index (κ1) is 10.0. The Kier molecular flexibility index (Phi) is 2.62. The maximum absolute atomic E-state index is 11.2. The smallest absolute Gasteiger partial charge is 0.254 e. The molecule has 1 saturated heterocycles. The summed E-state index contributed by atoms with van der Waals surface area (Å²) < 4.78 is 1.76. The number of anilines is 1. The summed E-state index contributed by atoms with van der Waals surface area (Å²) in [6, 6.07) is 0. The number of primary amides is 1. The van der Waals surface area contributed by atoms with Gasteiger partial charge in [-0.25, -0.2) is 0 Å². The van der Waals surface area contributed by atoms with Crippen molar-refractivity contribution >= 4 is 11.7 Å². The van der Waals surface area contributed by atoms with E-state index in [9.17, 15) is 4.79 Å². The lowest BCUT2D eigenvalue weighted by molar-refractivity contribution is 0.100. The van der Waals surface area contributed by atoms with Crippen molar-refractivity contribution in [1.82, 2.24) is 9.78 Å². The molecule has 0 aliphatic carbocycles. The van der Waals surface area contributed by atoms with Gasteiger partial charge in [0, 0.05) is 25.8 Å². The first-order valence-electron chi connectivity index (χ1n) is 5.34. The molecular formula is C10H16N4O. The van der Waals surface area contributed by atoms with Crippen LogP contribution in [0.4, 0.5) is 5.82 Å². The Labute approximate surface area is 88.8 Å². The van der Waals surface area contributed by atoms with Crippen molar-refractivity contribution in [2.75, 3.05) is 18.0 Å². The summed E-state index contributed by atoms with van der Waals surface area (Å²) in [6.07, 6.45) is 4.06. The standard InChI is InChI=1S/C10H16N4O/c1-2-14-7-8(9(11)15)10(12-14)13-5-3-4-6-13/h7H,2-6H2,1H3,(H2,11,15). The predicted octanol–water partition coefficient (Wildman–Crippen LogP) is 0.602. The highest BCUT2D eigenvalue weighted by Crippen LogP contribution is 2.22. The predicted molar refractivity (Wildman–Crippen MR) is 57.9 cm³/mol. The Hall–Kier alpha value is -1.52. The van der Waals surface area contributed by atoms with Crippen molar-refractivity contribution in [2.24, 2.45) is 5.73 Å². The van der Waals surface area contributed by atoms with Gasteiger partial charge in [-0.05, 0) is 19.8 Å². The van der Waals surface area contributed by atoms with Crippen LogP contribution < -0.4 is 10.6 Å². The minimum absolute atomic E-state index is 0.392. The first-order valence-corrected chi connectivity index (χ1v) is 5.34. The van der Waals surface area contributed by atoms with Gasteiger partial charge in [0.05, 0.1) is 0 Å². The van der Waals surface area contributed by atoms with Crippen LogP contribution in [0.25, 0.3) is 0 Å². The molecule has 0 aromatic carbocycles. The van der Waals surface area contributed by atoms with Gasteiger partial charge in [0.25, 0.3) is 5.91 Å². The van der Waals surface area contributed by atoms with Gasteiger partial charge in [0.1, 0.15) is 5.56 Å². The molecule has 2 heterocycles. The summed E-state index contributed by atoms with van der Waals surface area (Å²) in [6.45, 7) is 4.70. The van der Waals surface area contributed by atoms with Crippen LogP contribution in [0.1, 0.15) is 30.1 Å². The van der Waals surface area contributed by atoms with Crippen molar-refractivity contribution < 1.29 is 4.79 Å². The molecule has 0 spiro atoms. The topological polar surface area (TPSA) is 64.2 Å².